The number of fused-ring (bicyclic) bond motifs is 5. The van der Waals surface area contributed by atoms with Crippen LogP contribution in [0.15, 0.2) is 46.4 Å². The van der Waals surface area contributed by atoms with E-state index in [9.17, 15) is 14.7 Å². The summed E-state index contributed by atoms with van der Waals surface area (Å²) >= 11 is 1.77. The summed E-state index contributed by atoms with van der Waals surface area (Å²) in [5, 5.41) is 10.8. The lowest BCUT2D eigenvalue weighted by atomic mass is 9.46. The van der Waals surface area contributed by atoms with Crippen molar-refractivity contribution in [2.45, 2.75) is 69.8 Å². The van der Waals surface area contributed by atoms with Gasteiger partial charge in [-0.2, -0.15) is 0 Å². The molecule has 4 aliphatic rings. The molecule has 0 unspecified atom stereocenters. The van der Waals surface area contributed by atoms with Gasteiger partial charge in [0.2, 0.25) is 0 Å². The van der Waals surface area contributed by atoms with Gasteiger partial charge in [-0.3, -0.25) is 9.59 Å². The number of hydrogen-bond donors (Lipinski definition) is 1. The molecule has 0 aliphatic heterocycles. The zero-order chi connectivity index (χ0) is 21.1. The first-order valence-electron chi connectivity index (χ1n) is 11.5. The Labute approximate surface area is 183 Å². The van der Waals surface area contributed by atoms with E-state index in [1.54, 1.807) is 11.8 Å². The second-order valence-corrected chi connectivity index (χ2v) is 11.4. The first kappa shape index (κ1) is 20.5. The average molecular weight is 425 g/mol. The number of allylic oxidation sites excluding steroid dienone is 1. The van der Waals surface area contributed by atoms with Crippen LogP contribution in [0, 0.1) is 28.6 Å². The van der Waals surface area contributed by atoms with Crippen LogP contribution in [-0.2, 0) is 9.59 Å². The van der Waals surface area contributed by atoms with Crippen molar-refractivity contribution in [2.24, 2.45) is 28.6 Å². The summed E-state index contributed by atoms with van der Waals surface area (Å²) in [4.78, 5) is 26.8. The molecule has 6 atom stereocenters. The van der Waals surface area contributed by atoms with E-state index in [0.717, 1.165) is 43.4 Å². The highest BCUT2D eigenvalue weighted by atomic mass is 32.2. The fourth-order valence-electron chi connectivity index (χ4n) is 7.50. The molecule has 3 fully saturated rings. The molecule has 1 aromatic rings. The summed E-state index contributed by atoms with van der Waals surface area (Å²) in [5.74, 6) is 2.33. The van der Waals surface area contributed by atoms with Crippen LogP contribution in [0.25, 0.3) is 0 Å². The molecule has 0 radical (unpaired) electrons. The highest BCUT2D eigenvalue weighted by Crippen LogP contribution is 2.65. The van der Waals surface area contributed by atoms with E-state index in [1.807, 2.05) is 18.2 Å². The summed E-state index contributed by atoms with van der Waals surface area (Å²) in [6.07, 6.45) is 5.30. The van der Waals surface area contributed by atoms with Crippen molar-refractivity contribution in [3.05, 3.63) is 41.5 Å². The summed E-state index contributed by atoms with van der Waals surface area (Å²) in [7, 11) is 0. The molecule has 0 spiro atoms. The molecule has 4 aliphatic carbocycles. The first-order chi connectivity index (χ1) is 14.3. The number of thioether (sulfide) groups is 1. The molecule has 160 valence electrons. The minimum absolute atomic E-state index is 0.0378. The van der Waals surface area contributed by atoms with Gasteiger partial charge in [0.15, 0.2) is 5.78 Å². The molecular formula is C26H32O3S. The van der Waals surface area contributed by atoms with Gasteiger partial charge in [-0.05, 0) is 61.5 Å². The Hall–Kier alpha value is -1.39. The second-order valence-electron chi connectivity index (χ2n) is 10.4. The van der Waals surface area contributed by atoms with Crippen LogP contribution in [0.3, 0.4) is 0 Å². The van der Waals surface area contributed by atoms with Crippen LogP contribution in [0.5, 0.6) is 0 Å². The van der Waals surface area contributed by atoms with Crippen molar-refractivity contribution < 1.29 is 14.7 Å². The normalized spacial score (nSPS) is 40.8. The van der Waals surface area contributed by atoms with Crippen LogP contribution in [0.4, 0.5) is 0 Å². The van der Waals surface area contributed by atoms with E-state index < -0.39 is 6.10 Å². The van der Waals surface area contributed by atoms with Crippen molar-refractivity contribution in [1.82, 2.24) is 0 Å². The van der Waals surface area contributed by atoms with Crippen LogP contribution < -0.4 is 0 Å². The molecule has 3 nitrogen and oxygen atoms in total. The fourth-order valence-corrected chi connectivity index (χ4v) is 8.50. The quantitative estimate of drug-likeness (QED) is 0.676. The smallest absolute Gasteiger partial charge is 0.159 e. The third-order valence-corrected chi connectivity index (χ3v) is 10.1. The summed E-state index contributed by atoms with van der Waals surface area (Å²) < 4.78 is 0. The number of hydrogen-bond acceptors (Lipinski definition) is 4. The molecular weight excluding hydrogens is 392 g/mol. The third-order valence-electron chi connectivity index (χ3n) is 9.07. The van der Waals surface area contributed by atoms with E-state index in [4.69, 9.17) is 0 Å². The van der Waals surface area contributed by atoms with Crippen molar-refractivity contribution in [1.29, 1.82) is 0 Å². The van der Waals surface area contributed by atoms with Gasteiger partial charge in [-0.15, -0.1) is 11.8 Å². The number of carbonyl (C=O) groups excluding carboxylic acids is 2. The lowest BCUT2D eigenvalue weighted by Crippen LogP contribution is -2.53. The van der Waals surface area contributed by atoms with E-state index in [2.05, 4.69) is 26.0 Å². The van der Waals surface area contributed by atoms with E-state index in [0.29, 0.717) is 30.5 Å². The molecule has 0 amide bonds. The fraction of sp³-hybridized carbons (Fsp3) is 0.615. The van der Waals surface area contributed by atoms with Crippen molar-refractivity contribution in [2.75, 3.05) is 5.75 Å². The van der Waals surface area contributed by atoms with Crippen molar-refractivity contribution in [3.63, 3.8) is 0 Å². The molecule has 0 bridgehead atoms. The summed E-state index contributed by atoms with van der Waals surface area (Å²) in [5.41, 5.74) is 2.16. The number of benzene rings is 1. The zero-order valence-electron chi connectivity index (χ0n) is 18.0. The number of aliphatic hydroxyl groups excluding tert-OH is 1. The van der Waals surface area contributed by atoms with Gasteiger partial charge in [-0.1, -0.05) is 37.6 Å². The number of carbonyl (C=O) groups is 2. The van der Waals surface area contributed by atoms with Crippen LogP contribution >= 0.6 is 11.8 Å². The minimum Gasteiger partial charge on any atom is -0.392 e. The molecule has 0 heterocycles. The molecule has 1 N–H and O–H groups in total. The number of aliphatic hydroxyl groups is 1. The second kappa shape index (κ2) is 7.34. The highest BCUT2D eigenvalue weighted by molar-refractivity contribution is 7.99. The third kappa shape index (κ3) is 2.97. The lowest BCUT2D eigenvalue weighted by Gasteiger charge is -2.57. The zero-order valence-corrected chi connectivity index (χ0v) is 18.8. The monoisotopic (exact) mass is 424 g/mol. The predicted octanol–water partition coefficient (Wildman–Crippen LogP) is 5.22. The lowest BCUT2D eigenvalue weighted by molar-refractivity contribution is -0.134. The molecule has 0 saturated heterocycles. The maximum atomic E-state index is 12.9. The van der Waals surface area contributed by atoms with E-state index in [1.165, 1.54) is 10.5 Å². The van der Waals surface area contributed by atoms with Crippen molar-refractivity contribution >= 4 is 23.3 Å². The SMILES string of the molecule is C[C@]12CCC(=O)C(CSc3ccccc3)=C1CC[C@H]1[C@@H]3[C@@H](O)CC(=O)[C@@]3(C)CC[C@@H]12. The van der Waals surface area contributed by atoms with Gasteiger partial charge in [0, 0.05) is 40.4 Å². The number of Topliss-reactive ketones (excluding diaryl/α,β-unsaturated/α-hetero) is 2. The Morgan fingerprint density at radius 2 is 1.80 bits per heavy atom. The van der Waals surface area contributed by atoms with Crippen molar-refractivity contribution in [3.8, 4) is 0 Å². The maximum absolute atomic E-state index is 12.9. The van der Waals surface area contributed by atoms with Crippen LogP contribution in [-0.4, -0.2) is 28.5 Å². The minimum atomic E-state index is -0.484. The number of ketones is 2. The Morgan fingerprint density at radius 3 is 2.57 bits per heavy atom. The molecule has 30 heavy (non-hydrogen) atoms. The molecule has 5 rings (SSSR count). The largest absolute Gasteiger partial charge is 0.392 e. The summed E-state index contributed by atoms with van der Waals surface area (Å²) in [6.45, 7) is 4.48. The van der Waals surface area contributed by atoms with E-state index >= 15 is 0 Å². The maximum Gasteiger partial charge on any atom is 0.159 e. The van der Waals surface area contributed by atoms with Gasteiger partial charge < -0.3 is 5.11 Å². The standard InChI is InChI=1S/C26H32O3S/c1-25-13-11-21(27)18(15-30-16-6-4-3-5-7-16)19(25)9-8-17-20(25)10-12-26(2)23(29)14-22(28)24(17)26/h3-7,17,20,22,24,28H,8-15H2,1-2H3/t17-,20+,22+,24-,25+,26-/m1/s1. The Morgan fingerprint density at radius 1 is 1.03 bits per heavy atom. The topological polar surface area (TPSA) is 54.4 Å². The Balaban J connectivity index is 1.46. The Bertz CT molecular complexity index is 906. The number of rotatable bonds is 3. The first-order valence-corrected chi connectivity index (χ1v) is 12.5. The molecule has 4 heteroatoms. The average Bonchev–Trinajstić information content (AvgIpc) is 2.97. The molecule has 1 aromatic carbocycles. The molecule has 0 aromatic heterocycles. The summed E-state index contributed by atoms with van der Waals surface area (Å²) in [6, 6.07) is 10.3. The van der Waals surface area contributed by atoms with E-state index in [-0.39, 0.29) is 22.5 Å². The predicted molar refractivity (Wildman–Crippen MR) is 119 cm³/mol. The van der Waals surface area contributed by atoms with Crippen LogP contribution in [0.2, 0.25) is 0 Å². The van der Waals surface area contributed by atoms with Crippen LogP contribution in [0.1, 0.15) is 58.8 Å². The van der Waals surface area contributed by atoms with Gasteiger partial charge >= 0.3 is 0 Å². The van der Waals surface area contributed by atoms with Gasteiger partial charge in [0.05, 0.1) is 6.10 Å². The Kier molecular flexibility index (Phi) is 5.02. The highest BCUT2D eigenvalue weighted by Gasteiger charge is 2.62. The van der Waals surface area contributed by atoms with Gasteiger partial charge in [-0.25, -0.2) is 0 Å². The van der Waals surface area contributed by atoms with Gasteiger partial charge in [0.1, 0.15) is 5.78 Å². The van der Waals surface area contributed by atoms with Gasteiger partial charge in [0.25, 0.3) is 0 Å². The molecule has 3 saturated carbocycles.